The van der Waals surface area contributed by atoms with E-state index in [1.54, 1.807) is 19.1 Å². The highest BCUT2D eigenvalue weighted by atomic mass is 32.2. The van der Waals surface area contributed by atoms with E-state index in [1.165, 1.54) is 6.20 Å². The van der Waals surface area contributed by atoms with Crippen LogP contribution >= 0.6 is 0 Å². The summed E-state index contributed by atoms with van der Waals surface area (Å²) in [7, 11) is -4.05. The van der Waals surface area contributed by atoms with Gasteiger partial charge in [-0.1, -0.05) is 6.07 Å². The molecule has 0 fully saturated rings. The number of aryl methyl sites for hydroxylation is 1. The summed E-state index contributed by atoms with van der Waals surface area (Å²) >= 11 is 0. The number of halogens is 1. The van der Waals surface area contributed by atoms with Crippen molar-refractivity contribution in [3.8, 4) is 0 Å². The maximum atomic E-state index is 13.3. The van der Waals surface area contributed by atoms with E-state index in [9.17, 15) is 17.6 Å². The molecule has 0 saturated heterocycles. The Kier molecular flexibility index (Phi) is 3.90. The van der Waals surface area contributed by atoms with Crippen LogP contribution in [0.4, 0.5) is 10.2 Å². The fourth-order valence-electron chi connectivity index (χ4n) is 1.61. The first kappa shape index (κ1) is 14.9. The van der Waals surface area contributed by atoms with Gasteiger partial charge < -0.3 is 5.11 Å². The highest BCUT2D eigenvalue weighted by Gasteiger charge is 2.20. The lowest BCUT2D eigenvalue weighted by Crippen LogP contribution is -2.16. The standard InChI is InChI=1S/C13H11FN2O4S/c1-8-3-2-6-15-12(8)16-21(19,20)9-4-5-11(14)10(7-9)13(17)18/h2-7H,1H3,(H,15,16)(H,17,18). The minimum absolute atomic E-state index is 0.124. The predicted octanol–water partition coefficient (Wildman–Crippen LogP) is 2.03. The molecule has 21 heavy (non-hydrogen) atoms. The number of hydrogen-bond acceptors (Lipinski definition) is 4. The largest absolute Gasteiger partial charge is 0.478 e. The van der Waals surface area contributed by atoms with Crippen molar-refractivity contribution >= 4 is 21.8 Å². The maximum Gasteiger partial charge on any atom is 0.338 e. The van der Waals surface area contributed by atoms with Crippen molar-refractivity contribution in [1.82, 2.24) is 4.98 Å². The normalized spacial score (nSPS) is 11.1. The van der Waals surface area contributed by atoms with E-state index >= 15 is 0 Å². The number of nitrogens with one attached hydrogen (secondary N) is 1. The summed E-state index contributed by atoms with van der Waals surface area (Å²) < 4.78 is 39.9. The molecule has 8 heteroatoms. The molecule has 1 aromatic heterocycles. The summed E-state index contributed by atoms with van der Waals surface area (Å²) in [4.78, 5) is 14.4. The number of benzene rings is 1. The number of aromatic carboxylic acids is 1. The summed E-state index contributed by atoms with van der Waals surface area (Å²) in [5, 5.41) is 8.82. The Morgan fingerprint density at radius 1 is 1.33 bits per heavy atom. The van der Waals surface area contributed by atoms with Gasteiger partial charge in [0.05, 0.1) is 10.5 Å². The number of hydrogen-bond donors (Lipinski definition) is 2. The van der Waals surface area contributed by atoms with E-state index in [2.05, 4.69) is 9.71 Å². The second-order valence-corrected chi connectivity index (χ2v) is 5.90. The monoisotopic (exact) mass is 310 g/mol. The second-order valence-electron chi connectivity index (χ2n) is 4.22. The van der Waals surface area contributed by atoms with Gasteiger partial charge in [0.2, 0.25) is 0 Å². The molecule has 0 aliphatic heterocycles. The smallest absolute Gasteiger partial charge is 0.338 e. The molecule has 1 aromatic carbocycles. The molecular weight excluding hydrogens is 299 g/mol. The summed E-state index contributed by atoms with van der Waals surface area (Å²) in [6.07, 6.45) is 1.41. The number of carboxylic acid groups (broad SMARTS) is 1. The summed E-state index contributed by atoms with van der Waals surface area (Å²) in [6, 6.07) is 5.86. The van der Waals surface area contributed by atoms with E-state index < -0.39 is 27.4 Å². The van der Waals surface area contributed by atoms with E-state index in [0.29, 0.717) is 5.56 Å². The number of nitrogens with zero attached hydrogens (tertiary/aromatic N) is 1. The molecule has 0 bridgehead atoms. The van der Waals surface area contributed by atoms with Crippen molar-refractivity contribution in [2.45, 2.75) is 11.8 Å². The highest BCUT2D eigenvalue weighted by molar-refractivity contribution is 7.92. The van der Waals surface area contributed by atoms with Crippen LogP contribution in [0.5, 0.6) is 0 Å². The van der Waals surface area contributed by atoms with Crippen LogP contribution in [0.3, 0.4) is 0 Å². The van der Waals surface area contributed by atoms with Crippen LogP contribution in [0, 0.1) is 12.7 Å². The summed E-state index contributed by atoms with van der Waals surface area (Å²) in [5.74, 6) is -2.42. The predicted molar refractivity (Wildman–Crippen MR) is 73.1 cm³/mol. The number of aromatic nitrogens is 1. The average Bonchev–Trinajstić information content (AvgIpc) is 2.41. The molecule has 6 nitrogen and oxygen atoms in total. The fourth-order valence-corrected chi connectivity index (χ4v) is 2.72. The van der Waals surface area contributed by atoms with Gasteiger partial charge in [0.1, 0.15) is 11.6 Å². The van der Waals surface area contributed by atoms with E-state index in [-0.39, 0.29) is 10.7 Å². The molecule has 0 unspecified atom stereocenters. The third kappa shape index (κ3) is 3.16. The van der Waals surface area contributed by atoms with Gasteiger partial charge in [0, 0.05) is 6.20 Å². The first-order valence-corrected chi connectivity index (χ1v) is 7.27. The Morgan fingerprint density at radius 3 is 2.67 bits per heavy atom. The van der Waals surface area contributed by atoms with Crippen LogP contribution in [-0.2, 0) is 10.0 Å². The number of carbonyl (C=O) groups is 1. The van der Waals surface area contributed by atoms with E-state index in [1.807, 2.05) is 0 Å². The van der Waals surface area contributed by atoms with Gasteiger partial charge in [0.25, 0.3) is 10.0 Å². The number of carboxylic acids is 1. The molecule has 2 rings (SSSR count). The van der Waals surface area contributed by atoms with Crippen molar-refractivity contribution in [3.05, 3.63) is 53.5 Å². The quantitative estimate of drug-likeness (QED) is 0.900. The number of rotatable bonds is 4. The molecule has 1 heterocycles. The Bertz CT molecular complexity index is 806. The van der Waals surface area contributed by atoms with Gasteiger partial charge in [-0.3, -0.25) is 4.72 Å². The number of pyridine rings is 1. The molecule has 0 saturated carbocycles. The average molecular weight is 310 g/mol. The molecule has 0 radical (unpaired) electrons. The van der Waals surface area contributed by atoms with Crippen LogP contribution in [-0.4, -0.2) is 24.5 Å². The van der Waals surface area contributed by atoms with Gasteiger partial charge in [-0.05, 0) is 36.8 Å². The van der Waals surface area contributed by atoms with Crippen molar-refractivity contribution in [2.75, 3.05) is 4.72 Å². The lowest BCUT2D eigenvalue weighted by Gasteiger charge is -2.10. The van der Waals surface area contributed by atoms with Crippen molar-refractivity contribution in [1.29, 1.82) is 0 Å². The van der Waals surface area contributed by atoms with Crippen LogP contribution in [0.15, 0.2) is 41.4 Å². The zero-order valence-electron chi connectivity index (χ0n) is 10.9. The Morgan fingerprint density at radius 2 is 2.05 bits per heavy atom. The summed E-state index contributed by atoms with van der Waals surface area (Å²) in [6.45, 7) is 1.66. The minimum Gasteiger partial charge on any atom is -0.478 e. The van der Waals surface area contributed by atoms with Crippen LogP contribution < -0.4 is 4.72 Å². The summed E-state index contributed by atoms with van der Waals surface area (Å²) in [5.41, 5.74) is -0.114. The third-order valence-electron chi connectivity index (χ3n) is 2.72. The second kappa shape index (κ2) is 5.49. The molecule has 0 atom stereocenters. The first-order valence-electron chi connectivity index (χ1n) is 5.78. The van der Waals surface area contributed by atoms with Gasteiger partial charge in [-0.2, -0.15) is 0 Å². The Hall–Kier alpha value is -2.48. The van der Waals surface area contributed by atoms with E-state index in [4.69, 9.17) is 5.11 Å². The van der Waals surface area contributed by atoms with Gasteiger partial charge in [0.15, 0.2) is 0 Å². The van der Waals surface area contributed by atoms with Crippen molar-refractivity contribution in [3.63, 3.8) is 0 Å². The van der Waals surface area contributed by atoms with Crippen LogP contribution in [0.25, 0.3) is 0 Å². The van der Waals surface area contributed by atoms with E-state index in [0.717, 1.165) is 18.2 Å². The molecule has 0 aliphatic rings. The number of sulfonamides is 1. The molecule has 0 spiro atoms. The molecule has 2 aromatic rings. The Labute approximate surface area is 120 Å². The zero-order chi connectivity index (χ0) is 15.6. The maximum absolute atomic E-state index is 13.3. The third-order valence-corrected chi connectivity index (χ3v) is 4.06. The number of anilines is 1. The molecular formula is C13H11FN2O4S. The lowest BCUT2D eigenvalue weighted by atomic mass is 10.2. The molecule has 0 amide bonds. The Balaban J connectivity index is 2.43. The molecule has 110 valence electrons. The van der Waals surface area contributed by atoms with Crippen molar-refractivity contribution < 1.29 is 22.7 Å². The van der Waals surface area contributed by atoms with Gasteiger partial charge in [-0.15, -0.1) is 0 Å². The molecule has 2 N–H and O–H groups in total. The topological polar surface area (TPSA) is 96.4 Å². The van der Waals surface area contributed by atoms with Gasteiger partial charge in [-0.25, -0.2) is 22.6 Å². The van der Waals surface area contributed by atoms with Crippen LogP contribution in [0.1, 0.15) is 15.9 Å². The fraction of sp³-hybridized carbons (Fsp3) is 0.0769. The van der Waals surface area contributed by atoms with Crippen molar-refractivity contribution in [2.24, 2.45) is 0 Å². The molecule has 0 aliphatic carbocycles. The zero-order valence-corrected chi connectivity index (χ0v) is 11.7. The highest BCUT2D eigenvalue weighted by Crippen LogP contribution is 2.19. The lowest BCUT2D eigenvalue weighted by molar-refractivity contribution is 0.0691. The van der Waals surface area contributed by atoms with Gasteiger partial charge >= 0.3 is 5.97 Å². The van der Waals surface area contributed by atoms with Crippen LogP contribution in [0.2, 0.25) is 0 Å². The SMILES string of the molecule is Cc1cccnc1NS(=O)(=O)c1ccc(F)c(C(=O)O)c1. The minimum atomic E-state index is -4.05. The first-order chi connectivity index (χ1) is 9.81.